The lowest BCUT2D eigenvalue weighted by atomic mass is 9.95. The average Bonchev–Trinajstić information content (AvgIpc) is 2.62. The topological polar surface area (TPSA) is 30.9 Å². The van der Waals surface area contributed by atoms with Crippen molar-refractivity contribution in [3.8, 4) is 0 Å². The number of aryl methyl sites for hydroxylation is 1. The third-order valence-corrected chi connectivity index (χ3v) is 3.00. The Labute approximate surface area is 73.4 Å². The van der Waals surface area contributed by atoms with Crippen molar-refractivity contribution in [2.75, 3.05) is 0 Å². The van der Waals surface area contributed by atoms with Gasteiger partial charge in [0.15, 0.2) is 0 Å². The first kappa shape index (κ1) is 7.87. The molecule has 1 fully saturated rings. The smallest absolute Gasteiger partial charge is 0.0364 e. The van der Waals surface area contributed by atoms with Crippen molar-refractivity contribution >= 4 is 0 Å². The molecule has 0 aromatic carbocycles. The van der Waals surface area contributed by atoms with Crippen LogP contribution in [0.2, 0.25) is 0 Å². The molecule has 2 heteroatoms. The SMILES string of the molecule is Cn1ccc(C(N)C2(C)CC2)c1. The van der Waals surface area contributed by atoms with Crippen molar-refractivity contribution in [2.24, 2.45) is 18.2 Å². The Morgan fingerprint density at radius 2 is 2.25 bits per heavy atom. The highest BCUT2D eigenvalue weighted by molar-refractivity contribution is 5.20. The molecule has 0 saturated heterocycles. The molecule has 1 aromatic rings. The van der Waals surface area contributed by atoms with Crippen molar-refractivity contribution in [3.63, 3.8) is 0 Å². The lowest BCUT2D eigenvalue weighted by molar-refractivity contribution is 0.451. The molecule has 1 saturated carbocycles. The van der Waals surface area contributed by atoms with Crippen molar-refractivity contribution in [2.45, 2.75) is 25.8 Å². The van der Waals surface area contributed by atoms with Crippen LogP contribution in [0.3, 0.4) is 0 Å². The summed E-state index contributed by atoms with van der Waals surface area (Å²) in [5, 5.41) is 0. The molecule has 1 aliphatic rings. The van der Waals surface area contributed by atoms with E-state index >= 15 is 0 Å². The van der Waals surface area contributed by atoms with Gasteiger partial charge in [-0.25, -0.2) is 0 Å². The maximum absolute atomic E-state index is 6.13. The van der Waals surface area contributed by atoms with E-state index < -0.39 is 0 Å². The fourth-order valence-electron chi connectivity index (χ4n) is 1.62. The second-order valence-corrected chi connectivity index (χ2v) is 4.24. The predicted molar refractivity (Wildman–Crippen MR) is 49.7 cm³/mol. The second-order valence-electron chi connectivity index (χ2n) is 4.24. The van der Waals surface area contributed by atoms with Crippen molar-refractivity contribution < 1.29 is 0 Å². The Kier molecular flexibility index (Phi) is 1.55. The molecule has 0 bridgehead atoms. The molecule has 0 amide bonds. The van der Waals surface area contributed by atoms with Gasteiger partial charge in [0.25, 0.3) is 0 Å². The molecular formula is C10H16N2. The number of rotatable bonds is 2. The largest absolute Gasteiger partial charge is 0.357 e. The summed E-state index contributed by atoms with van der Waals surface area (Å²) < 4.78 is 2.06. The van der Waals surface area contributed by atoms with E-state index in [-0.39, 0.29) is 6.04 Å². The van der Waals surface area contributed by atoms with Gasteiger partial charge < -0.3 is 10.3 Å². The number of aromatic nitrogens is 1. The number of hydrogen-bond donors (Lipinski definition) is 1. The molecule has 1 aromatic heterocycles. The second kappa shape index (κ2) is 2.36. The first-order valence-electron chi connectivity index (χ1n) is 4.49. The lowest BCUT2D eigenvalue weighted by Crippen LogP contribution is -2.19. The summed E-state index contributed by atoms with van der Waals surface area (Å²) >= 11 is 0. The molecule has 1 atom stereocenters. The van der Waals surface area contributed by atoms with E-state index in [4.69, 9.17) is 5.73 Å². The molecular weight excluding hydrogens is 148 g/mol. The van der Waals surface area contributed by atoms with E-state index in [9.17, 15) is 0 Å². The zero-order valence-corrected chi connectivity index (χ0v) is 7.75. The van der Waals surface area contributed by atoms with Crippen molar-refractivity contribution in [1.82, 2.24) is 4.57 Å². The molecule has 0 radical (unpaired) electrons. The predicted octanol–water partition coefficient (Wildman–Crippen LogP) is 1.82. The van der Waals surface area contributed by atoms with Gasteiger partial charge in [-0.3, -0.25) is 0 Å². The minimum absolute atomic E-state index is 0.235. The fraction of sp³-hybridized carbons (Fsp3) is 0.600. The van der Waals surface area contributed by atoms with E-state index in [1.807, 2.05) is 7.05 Å². The molecule has 2 N–H and O–H groups in total. The van der Waals surface area contributed by atoms with Crippen LogP contribution in [0.15, 0.2) is 18.5 Å². The van der Waals surface area contributed by atoms with Crippen LogP contribution in [0, 0.1) is 5.41 Å². The molecule has 0 spiro atoms. The maximum atomic E-state index is 6.13. The molecule has 2 nitrogen and oxygen atoms in total. The van der Waals surface area contributed by atoms with Gasteiger partial charge in [0.2, 0.25) is 0 Å². The van der Waals surface area contributed by atoms with Gasteiger partial charge in [-0.1, -0.05) is 6.92 Å². The molecule has 1 aliphatic carbocycles. The quantitative estimate of drug-likeness (QED) is 0.710. The Balaban J connectivity index is 2.19. The summed E-state index contributed by atoms with van der Waals surface area (Å²) in [6.07, 6.45) is 6.74. The van der Waals surface area contributed by atoms with E-state index in [0.29, 0.717) is 5.41 Å². The Morgan fingerprint density at radius 3 is 2.67 bits per heavy atom. The minimum atomic E-state index is 0.235. The Morgan fingerprint density at radius 1 is 1.58 bits per heavy atom. The number of nitrogens with zero attached hydrogens (tertiary/aromatic N) is 1. The molecule has 2 rings (SSSR count). The van der Waals surface area contributed by atoms with Gasteiger partial charge in [0, 0.05) is 25.5 Å². The van der Waals surface area contributed by atoms with Gasteiger partial charge in [-0.05, 0) is 29.9 Å². The highest BCUT2D eigenvalue weighted by Crippen LogP contribution is 2.53. The van der Waals surface area contributed by atoms with Crippen molar-refractivity contribution in [3.05, 3.63) is 24.0 Å². The van der Waals surface area contributed by atoms with Gasteiger partial charge in [-0.15, -0.1) is 0 Å². The summed E-state index contributed by atoms with van der Waals surface area (Å²) in [6.45, 7) is 2.27. The van der Waals surface area contributed by atoms with E-state index in [0.717, 1.165) is 0 Å². The standard InChI is InChI=1S/C10H16N2/c1-10(4-5-10)9(11)8-3-6-12(2)7-8/h3,6-7,9H,4-5,11H2,1-2H3. The van der Waals surface area contributed by atoms with Crippen LogP contribution in [0.1, 0.15) is 31.4 Å². The van der Waals surface area contributed by atoms with Crippen molar-refractivity contribution in [1.29, 1.82) is 0 Å². The highest BCUT2D eigenvalue weighted by atomic mass is 14.9. The molecule has 0 aliphatic heterocycles. The highest BCUT2D eigenvalue weighted by Gasteiger charge is 2.43. The van der Waals surface area contributed by atoms with E-state index in [2.05, 4.69) is 30.0 Å². The molecule has 1 unspecified atom stereocenters. The van der Waals surface area contributed by atoms with Crippen LogP contribution in [0.4, 0.5) is 0 Å². The number of hydrogen-bond acceptors (Lipinski definition) is 1. The Hall–Kier alpha value is -0.760. The van der Waals surface area contributed by atoms with E-state index in [1.54, 1.807) is 0 Å². The Bertz CT molecular complexity index is 284. The maximum Gasteiger partial charge on any atom is 0.0364 e. The monoisotopic (exact) mass is 164 g/mol. The van der Waals surface area contributed by atoms with Gasteiger partial charge >= 0.3 is 0 Å². The summed E-state index contributed by atoms with van der Waals surface area (Å²) in [7, 11) is 2.03. The van der Waals surface area contributed by atoms with Crippen LogP contribution in [-0.4, -0.2) is 4.57 Å². The van der Waals surface area contributed by atoms with Crippen LogP contribution in [0.5, 0.6) is 0 Å². The van der Waals surface area contributed by atoms with Gasteiger partial charge in [0.05, 0.1) is 0 Å². The lowest BCUT2D eigenvalue weighted by Gasteiger charge is -2.16. The van der Waals surface area contributed by atoms with Crippen LogP contribution in [0.25, 0.3) is 0 Å². The van der Waals surface area contributed by atoms with E-state index in [1.165, 1.54) is 18.4 Å². The average molecular weight is 164 g/mol. The summed E-state index contributed by atoms with van der Waals surface area (Å²) in [5.41, 5.74) is 7.80. The normalized spacial score (nSPS) is 22.2. The first-order chi connectivity index (χ1) is 5.62. The summed E-state index contributed by atoms with van der Waals surface area (Å²) in [6, 6.07) is 2.35. The third kappa shape index (κ3) is 1.16. The van der Waals surface area contributed by atoms with Gasteiger partial charge in [0.1, 0.15) is 0 Å². The molecule has 1 heterocycles. The van der Waals surface area contributed by atoms with Gasteiger partial charge in [-0.2, -0.15) is 0 Å². The fourth-order valence-corrected chi connectivity index (χ4v) is 1.62. The molecule has 66 valence electrons. The van der Waals surface area contributed by atoms with Crippen LogP contribution < -0.4 is 5.73 Å². The zero-order valence-electron chi connectivity index (χ0n) is 7.75. The minimum Gasteiger partial charge on any atom is -0.357 e. The molecule has 12 heavy (non-hydrogen) atoms. The zero-order chi connectivity index (χ0) is 8.77. The summed E-state index contributed by atoms with van der Waals surface area (Å²) in [5.74, 6) is 0. The third-order valence-electron chi connectivity index (χ3n) is 3.00. The number of nitrogens with two attached hydrogens (primary N) is 1. The van der Waals surface area contributed by atoms with Crippen LogP contribution in [-0.2, 0) is 7.05 Å². The summed E-state index contributed by atoms with van der Waals surface area (Å²) in [4.78, 5) is 0. The first-order valence-corrected chi connectivity index (χ1v) is 4.49. The van der Waals surface area contributed by atoms with Crippen LogP contribution >= 0.6 is 0 Å².